The van der Waals surface area contributed by atoms with E-state index in [2.05, 4.69) is 6.92 Å². The third-order valence-corrected chi connectivity index (χ3v) is 3.90. The standard InChI is InChI=1S/C18H22N2O4/c1-3-4-7-24-16-9-12(18(22)20-23)5-6-13-14(10-17(19)21)11(2)8-15(13)16/h5-6,8-9,23H,3-4,7,10H2,1-2H3,(H2,19,21)(H,20,22). The smallest absolute Gasteiger partial charge is 0.274 e. The molecule has 6 heteroatoms. The maximum Gasteiger partial charge on any atom is 0.274 e. The molecule has 2 aliphatic rings. The molecule has 2 rings (SSSR count). The molecule has 0 heterocycles. The molecule has 4 N–H and O–H groups in total. The Morgan fingerprint density at radius 3 is 2.62 bits per heavy atom. The number of primary amides is 1. The Morgan fingerprint density at radius 2 is 2.00 bits per heavy atom. The number of ether oxygens (including phenoxy) is 1. The Kier molecular flexibility index (Phi) is 5.76. The summed E-state index contributed by atoms with van der Waals surface area (Å²) in [7, 11) is 0. The van der Waals surface area contributed by atoms with Crippen LogP contribution in [0.4, 0.5) is 0 Å². The summed E-state index contributed by atoms with van der Waals surface area (Å²) in [6.07, 6.45) is 1.99. The Hall–Kier alpha value is -2.60. The van der Waals surface area contributed by atoms with E-state index in [9.17, 15) is 9.59 Å². The molecule has 6 nitrogen and oxygen atoms in total. The van der Waals surface area contributed by atoms with Gasteiger partial charge in [-0.3, -0.25) is 14.8 Å². The van der Waals surface area contributed by atoms with Crippen molar-refractivity contribution >= 4 is 11.8 Å². The zero-order chi connectivity index (χ0) is 17.7. The molecule has 0 aromatic carbocycles. The van der Waals surface area contributed by atoms with E-state index in [1.165, 1.54) is 0 Å². The van der Waals surface area contributed by atoms with E-state index in [1.807, 2.05) is 13.0 Å². The minimum absolute atomic E-state index is 0.120. The van der Waals surface area contributed by atoms with Crippen molar-refractivity contribution in [1.82, 2.24) is 5.48 Å². The summed E-state index contributed by atoms with van der Waals surface area (Å²) in [5, 5.41) is 8.88. The largest absolute Gasteiger partial charge is 0.493 e. The molecule has 0 aromatic rings. The predicted molar refractivity (Wildman–Crippen MR) is 90.4 cm³/mol. The number of aryl methyl sites for hydroxylation is 1. The molecule has 0 radical (unpaired) electrons. The third-order valence-electron chi connectivity index (χ3n) is 3.90. The molecule has 0 aliphatic heterocycles. The van der Waals surface area contributed by atoms with Crippen LogP contribution in [0.3, 0.4) is 0 Å². The van der Waals surface area contributed by atoms with Crippen molar-refractivity contribution in [2.45, 2.75) is 33.1 Å². The number of rotatable bonds is 7. The third kappa shape index (κ3) is 3.83. The normalized spacial score (nSPS) is 10.6. The fourth-order valence-electron chi connectivity index (χ4n) is 2.65. The van der Waals surface area contributed by atoms with Gasteiger partial charge in [0.15, 0.2) is 0 Å². The molecular weight excluding hydrogens is 308 g/mol. The highest BCUT2D eigenvalue weighted by Gasteiger charge is 2.19. The second-order valence-corrected chi connectivity index (χ2v) is 5.72. The fourth-order valence-corrected chi connectivity index (χ4v) is 2.65. The maximum absolute atomic E-state index is 11.8. The number of hydroxylamine groups is 1. The summed E-state index contributed by atoms with van der Waals surface area (Å²) in [5.74, 6) is -0.499. The van der Waals surface area contributed by atoms with Crippen molar-refractivity contribution in [2.75, 3.05) is 6.61 Å². The molecule has 0 saturated heterocycles. The molecular formula is C18H22N2O4. The lowest BCUT2D eigenvalue weighted by atomic mass is 10.1. The lowest BCUT2D eigenvalue weighted by Crippen LogP contribution is -2.18. The van der Waals surface area contributed by atoms with Crippen LogP contribution in [-0.4, -0.2) is 23.6 Å². The molecule has 0 unspecified atom stereocenters. The maximum atomic E-state index is 11.8. The van der Waals surface area contributed by atoms with Gasteiger partial charge in [-0.25, -0.2) is 5.48 Å². The molecule has 0 aromatic heterocycles. The zero-order valence-electron chi connectivity index (χ0n) is 13.9. The van der Waals surface area contributed by atoms with E-state index in [0.29, 0.717) is 12.4 Å². The lowest BCUT2D eigenvalue weighted by molar-refractivity contribution is -0.117. The first kappa shape index (κ1) is 17.7. The number of carbonyl (C=O) groups is 2. The summed E-state index contributed by atoms with van der Waals surface area (Å²) in [6, 6.07) is 6.86. The Labute approximate surface area is 140 Å². The zero-order valence-corrected chi connectivity index (χ0v) is 13.9. The molecule has 128 valence electrons. The SMILES string of the molecule is CCCCOc1cc(C(=O)NO)ccc2c(CC(N)=O)c(C)cc1-2. The molecule has 0 spiro atoms. The van der Waals surface area contributed by atoms with E-state index in [1.54, 1.807) is 23.7 Å². The van der Waals surface area contributed by atoms with Crippen LogP contribution in [0.25, 0.3) is 11.1 Å². The minimum atomic E-state index is -0.624. The van der Waals surface area contributed by atoms with E-state index in [0.717, 1.165) is 35.1 Å². The van der Waals surface area contributed by atoms with Gasteiger partial charge in [0.25, 0.3) is 5.91 Å². The van der Waals surface area contributed by atoms with Crippen LogP contribution in [0.1, 0.15) is 41.3 Å². The second kappa shape index (κ2) is 7.79. The van der Waals surface area contributed by atoms with Crippen LogP contribution >= 0.6 is 0 Å². The van der Waals surface area contributed by atoms with Gasteiger partial charge in [0.1, 0.15) is 5.75 Å². The molecule has 2 amide bonds. The van der Waals surface area contributed by atoms with Gasteiger partial charge >= 0.3 is 0 Å². The summed E-state index contributed by atoms with van der Waals surface area (Å²) >= 11 is 0. The van der Waals surface area contributed by atoms with Gasteiger partial charge in [0.05, 0.1) is 13.0 Å². The van der Waals surface area contributed by atoms with Crippen LogP contribution in [-0.2, 0) is 11.2 Å². The second-order valence-electron chi connectivity index (χ2n) is 5.72. The Morgan fingerprint density at radius 1 is 1.25 bits per heavy atom. The average molecular weight is 330 g/mol. The summed E-state index contributed by atoms with van der Waals surface area (Å²) in [6.45, 7) is 4.49. The molecule has 0 fully saturated rings. The summed E-state index contributed by atoms with van der Waals surface area (Å²) in [5.41, 5.74) is 10.6. The Bertz CT molecular complexity index is 727. The van der Waals surface area contributed by atoms with Crippen molar-refractivity contribution in [3.63, 3.8) is 0 Å². The molecule has 2 aliphatic carbocycles. The van der Waals surface area contributed by atoms with E-state index in [4.69, 9.17) is 15.7 Å². The van der Waals surface area contributed by atoms with Gasteiger partial charge in [0, 0.05) is 11.1 Å². The lowest BCUT2D eigenvalue weighted by Gasteiger charge is -2.08. The van der Waals surface area contributed by atoms with E-state index < -0.39 is 11.8 Å². The number of nitrogens with two attached hydrogens (primary N) is 1. The number of amides is 2. The molecule has 0 bridgehead atoms. The average Bonchev–Trinajstić information content (AvgIpc) is 2.74. The number of carbonyl (C=O) groups excluding carboxylic acids is 2. The first-order valence-electron chi connectivity index (χ1n) is 7.89. The van der Waals surface area contributed by atoms with Crippen LogP contribution in [0.2, 0.25) is 0 Å². The monoisotopic (exact) mass is 330 g/mol. The molecule has 24 heavy (non-hydrogen) atoms. The number of hydrogen-bond donors (Lipinski definition) is 3. The highest BCUT2D eigenvalue weighted by atomic mass is 16.5. The van der Waals surface area contributed by atoms with Crippen LogP contribution in [0, 0.1) is 6.92 Å². The van der Waals surface area contributed by atoms with Crippen LogP contribution in [0.15, 0.2) is 24.3 Å². The Balaban J connectivity index is 2.57. The van der Waals surface area contributed by atoms with Crippen molar-refractivity contribution in [1.29, 1.82) is 0 Å². The van der Waals surface area contributed by atoms with Crippen molar-refractivity contribution in [2.24, 2.45) is 5.73 Å². The van der Waals surface area contributed by atoms with E-state index >= 15 is 0 Å². The first-order chi connectivity index (χ1) is 11.5. The topological polar surface area (TPSA) is 102 Å². The van der Waals surface area contributed by atoms with Gasteiger partial charge < -0.3 is 10.5 Å². The number of hydrogen-bond acceptors (Lipinski definition) is 4. The quantitative estimate of drug-likeness (QED) is 0.412. The van der Waals surface area contributed by atoms with Crippen molar-refractivity contribution < 1.29 is 19.5 Å². The number of fused-ring (bicyclic) bond motifs is 1. The molecule has 0 atom stereocenters. The number of unbranched alkanes of at least 4 members (excludes halogenated alkanes) is 1. The summed E-state index contributed by atoms with van der Waals surface area (Å²) < 4.78 is 5.85. The first-order valence-corrected chi connectivity index (χ1v) is 7.89. The van der Waals surface area contributed by atoms with Gasteiger partial charge in [-0.1, -0.05) is 19.4 Å². The minimum Gasteiger partial charge on any atom is -0.493 e. The molecule has 0 saturated carbocycles. The highest BCUT2D eigenvalue weighted by Crippen LogP contribution is 2.38. The van der Waals surface area contributed by atoms with Crippen LogP contribution in [0.5, 0.6) is 5.75 Å². The van der Waals surface area contributed by atoms with Crippen molar-refractivity contribution in [3.05, 3.63) is 41.0 Å². The van der Waals surface area contributed by atoms with E-state index in [-0.39, 0.29) is 12.0 Å². The van der Waals surface area contributed by atoms with Gasteiger partial charge in [-0.05, 0) is 48.2 Å². The summed E-state index contributed by atoms with van der Waals surface area (Å²) in [4.78, 5) is 23.1. The fraction of sp³-hybridized carbons (Fsp3) is 0.333. The highest BCUT2D eigenvalue weighted by molar-refractivity contribution is 5.95. The van der Waals surface area contributed by atoms with Gasteiger partial charge in [0.2, 0.25) is 5.91 Å². The van der Waals surface area contributed by atoms with Gasteiger partial charge in [-0.2, -0.15) is 0 Å². The predicted octanol–water partition coefficient (Wildman–Crippen LogP) is 2.43. The van der Waals surface area contributed by atoms with Crippen molar-refractivity contribution in [3.8, 4) is 16.9 Å². The number of nitrogens with one attached hydrogen (secondary N) is 1. The van der Waals surface area contributed by atoms with Gasteiger partial charge in [-0.15, -0.1) is 0 Å². The van der Waals surface area contributed by atoms with Crippen LogP contribution < -0.4 is 16.0 Å².